The Morgan fingerprint density at radius 3 is 2.27 bits per heavy atom. The lowest BCUT2D eigenvalue weighted by molar-refractivity contribution is 0.215. The van der Waals surface area contributed by atoms with Gasteiger partial charge in [-0.3, -0.25) is 0 Å². The Kier molecular flexibility index (Phi) is 6.22. The molecular weight excluding hydrogens is 323 g/mol. The predicted molar refractivity (Wildman–Crippen MR) is 89.8 cm³/mol. The highest BCUT2D eigenvalue weighted by Crippen LogP contribution is 2.31. The lowest BCUT2D eigenvalue weighted by Gasteiger charge is -2.12. The van der Waals surface area contributed by atoms with Gasteiger partial charge in [-0.1, -0.05) is 29.3 Å². The van der Waals surface area contributed by atoms with Crippen LogP contribution >= 0.6 is 23.2 Å². The molecule has 0 aliphatic rings. The molecule has 0 aromatic heterocycles. The first-order chi connectivity index (χ1) is 10.6. The van der Waals surface area contributed by atoms with E-state index in [0.717, 1.165) is 17.1 Å². The molecule has 0 aliphatic carbocycles. The van der Waals surface area contributed by atoms with Gasteiger partial charge in [0.1, 0.15) is 30.5 Å². The van der Waals surface area contributed by atoms with E-state index < -0.39 is 0 Å². The van der Waals surface area contributed by atoms with E-state index in [4.69, 9.17) is 37.4 Å². The van der Waals surface area contributed by atoms with Crippen molar-refractivity contribution in [2.75, 3.05) is 19.8 Å². The SMILES string of the molecule is CCOc1cccc(OCCOc2c(C)cc(Cl)cc2Cl)c1. The summed E-state index contributed by atoms with van der Waals surface area (Å²) in [5.41, 5.74) is 0.899. The topological polar surface area (TPSA) is 27.7 Å². The molecule has 0 saturated carbocycles. The second-order valence-electron chi connectivity index (χ2n) is 4.64. The van der Waals surface area contributed by atoms with Gasteiger partial charge in [-0.25, -0.2) is 0 Å². The highest BCUT2D eigenvalue weighted by atomic mass is 35.5. The summed E-state index contributed by atoms with van der Waals surface area (Å²) in [5, 5.41) is 1.10. The Bertz CT molecular complexity index is 606. The molecule has 0 aliphatic heterocycles. The quantitative estimate of drug-likeness (QED) is 0.651. The van der Waals surface area contributed by atoms with Crippen molar-refractivity contribution in [3.05, 3.63) is 52.0 Å². The Morgan fingerprint density at radius 1 is 0.909 bits per heavy atom. The van der Waals surface area contributed by atoms with Crippen molar-refractivity contribution in [3.8, 4) is 17.2 Å². The molecule has 2 aromatic carbocycles. The minimum absolute atomic E-state index is 0.390. The molecule has 5 heteroatoms. The van der Waals surface area contributed by atoms with Gasteiger partial charge >= 0.3 is 0 Å². The van der Waals surface area contributed by atoms with Crippen molar-refractivity contribution in [2.24, 2.45) is 0 Å². The molecule has 0 atom stereocenters. The maximum absolute atomic E-state index is 6.12. The summed E-state index contributed by atoms with van der Waals surface area (Å²) < 4.78 is 16.7. The van der Waals surface area contributed by atoms with E-state index >= 15 is 0 Å². The predicted octanol–water partition coefficient (Wildman–Crippen LogP) is 5.16. The normalized spacial score (nSPS) is 10.4. The number of benzene rings is 2. The smallest absolute Gasteiger partial charge is 0.141 e. The van der Waals surface area contributed by atoms with Gasteiger partial charge in [-0.05, 0) is 43.7 Å². The molecule has 0 bridgehead atoms. The Labute approximate surface area is 140 Å². The molecule has 0 radical (unpaired) electrons. The summed E-state index contributed by atoms with van der Waals surface area (Å²) in [5.74, 6) is 2.17. The Morgan fingerprint density at radius 2 is 1.59 bits per heavy atom. The average molecular weight is 341 g/mol. The van der Waals surface area contributed by atoms with Gasteiger partial charge < -0.3 is 14.2 Å². The lowest BCUT2D eigenvalue weighted by Crippen LogP contribution is -2.10. The third kappa shape index (κ3) is 4.72. The van der Waals surface area contributed by atoms with E-state index in [1.807, 2.05) is 44.2 Å². The van der Waals surface area contributed by atoms with Crippen LogP contribution in [0.1, 0.15) is 12.5 Å². The van der Waals surface area contributed by atoms with E-state index in [1.165, 1.54) is 0 Å². The Balaban J connectivity index is 1.86. The van der Waals surface area contributed by atoms with Gasteiger partial charge in [0.25, 0.3) is 0 Å². The van der Waals surface area contributed by atoms with Crippen LogP contribution < -0.4 is 14.2 Å². The van der Waals surface area contributed by atoms with Crippen LogP contribution in [0.25, 0.3) is 0 Å². The molecule has 22 heavy (non-hydrogen) atoms. The van der Waals surface area contributed by atoms with Gasteiger partial charge in [0, 0.05) is 11.1 Å². The molecule has 0 spiro atoms. The van der Waals surface area contributed by atoms with Crippen molar-refractivity contribution in [1.82, 2.24) is 0 Å². The van der Waals surface area contributed by atoms with Gasteiger partial charge in [-0.2, -0.15) is 0 Å². The summed E-state index contributed by atoms with van der Waals surface area (Å²) >= 11 is 12.0. The zero-order chi connectivity index (χ0) is 15.9. The molecule has 0 heterocycles. The van der Waals surface area contributed by atoms with Crippen LogP contribution in [-0.4, -0.2) is 19.8 Å². The first-order valence-electron chi connectivity index (χ1n) is 7.04. The fourth-order valence-electron chi connectivity index (χ4n) is 2.00. The summed E-state index contributed by atoms with van der Waals surface area (Å²) in [6.45, 7) is 5.27. The number of ether oxygens (including phenoxy) is 3. The molecule has 2 rings (SSSR count). The zero-order valence-electron chi connectivity index (χ0n) is 12.6. The van der Waals surface area contributed by atoms with Crippen LogP contribution in [0.4, 0.5) is 0 Å². The molecule has 3 nitrogen and oxygen atoms in total. The first-order valence-corrected chi connectivity index (χ1v) is 7.80. The number of hydrogen-bond donors (Lipinski definition) is 0. The molecule has 0 unspecified atom stereocenters. The van der Waals surface area contributed by atoms with Crippen LogP contribution in [0.5, 0.6) is 17.2 Å². The summed E-state index contributed by atoms with van der Waals surface area (Å²) in [6.07, 6.45) is 0. The van der Waals surface area contributed by atoms with Crippen molar-refractivity contribution < 1.29 is 14.2 Å². The summed E-state index contributed by atoms with van der Waals surface area (Å²) in [6, 6.07) is 11.0. The fourth-order valence-corrected chi connectivity index (χ4v) is 2.65. The minimum Gasteiger partial charge on any atom is -0.494 e. The van der Waals surface area contributed by atoms with Crippen LogP contribution in [0, 0.1) is 6.92 Å². The molecular formula is C17H18Cl2O3. The third-order valence-electron chi connectivity index (χ3n) is 2.91. The van der Waals surface area contributed by atoms with Crippen molar-refractivity contribution in [1.29, 1.82) is 0 Å². The van der Waals surface area contributed by atoms with E-state index in [1.54, 1.807) is 6.07 Å². The molecule has 118 valence electrons. The van der Waals surface area contributed by atoms with E-state index in [9.17, 15) is 0 Å². The van der Waals surface area contributed by atoms with Gasteiger partial charge in [-0.15, -0.1) is 0 Å². The van der Waals surface area contributed by atoms with Gasteiger partial charge in [0.2, 0.25) is 0 Å². The highest BCUT2D eigenvalue weighted by molar-refractivity contribution is 6.35. The molecule has 0 saturated heterocycles. The van der Waals surface area contributed by atoms with Crippen LogP contribution in [-0.2, 0) is 0 Å². The molecule has 2 aromatic rings. The first kappa shape index (κ1) is 16.8. The average Bonchev–Trinajstić information content (AvgIpc) is 2.46. The van der Waals surface area contributed by atoms with Crippen molar-refractivity contribution in [2.45, 2.75) is 13.8 Å². The van der Waals surface area contributed by atoms with Crippen LogP contribution in [0.3, 0.4) is 0 Å². The standard InChI is InChI=1S/C17H18Cl2O3/c1-3-20-14-5-4-6-15(11-14)21-7-8-22-17-12(2)9-13(18)10-16(17)19/h4-6,9-11H,3,7-8H2,1-2H3. The Hall–Kier alpha value is -1.58. The van der Waals surface area contributed by atoms with E-state index in [0.29, 0.717) is 35.6 Å². The number of hydrogen-bond acceptors (Lipinski definition) is 3. The number of aryl methyl sites for hydroxylation is 1. The minimum atomic E-state index is 0.390. The summed E-state index contributed by atoms with van der Waals surface area (Å²) in [7, 11) is 0. The van der Waals surface area contributed by atoms with Crippen molar-refractivity contribution >= 4 is 23.2 Å². The zero-order valence-corrected chi connectivity index (χ0v) is 14.1. The van der Waals surface area contributed by atoms with Gasteiger partial charge in [0.15, 0.2) is 0 Å². The second kappa shape index (κ2) is 8.16. The molecule has 0 amide bonds. The molecule has 0 fully saturated rings. The fraction of sp³-hybridized carbons (Fsp3) is 0.294. The third-order valence-corrected chi connectivity index (χ3v) is 3.41. The lowest BCUT2D eigenvalue weighted by atomic mass is 10.2. The highest BCUT2D eigenvalue weighted by Gasteiger charge is 2.07. The van der Waals surface area contributed by atoms with Crippen molar-refractivity contribution in [3.63, 3.8) is 0 Å². The van der Waals surface area contributed by atoms with E-state index in [-0.39, 0.29) is 0 Å². The van der Waals surface area contributed by atoms with Crippen LogP contribution in [0.15, 0.2) is 36.4 Å². The number of halogens is 2. The van der Waals surface area contributed by atoms with E-state index in [2.05, 4.69) is 0 Å². The number of rotatable bonds is 7. The maximum atomic E-state index is 6.12. The van der Waals surface area contributed by atoms with Crippen LogP contribution in [0.2, 0.25) is 10.0 Å². The summed E-state index contributed by atoms with van der Waals surface area (Å²) in [4.78, 5) is 0. The largest absolute Gasteiger partial charge is 0.494 e. The second-order valence-corrected chi connectivity index (χ2v) is 5.48. The molecule has 0 N–H and O–H groups in total. The monoisotopic (exact) mass is 340 g/mol. The van der Waals surface area contributed by atoms with Gasteiger partial charge in [0.05, 0.1) is 11.6 Å². The maximum Gasteiger partial charge on any atom is 0.141 e.